The summed E-state index contributed by atoms with van der Waals surface area (Å²) in [6, 6.07) is 0. The molecule has 0 aliphatic heterocycles. The lowest BCUT2D eigenvalue weighted by atomic mass is 10.1. The van der Waals surface area contributed by atoms with Crippen molar-refractivity contribution in [1.82, 2.24) is 0 Å². The lowest BCUT2D eigenvalue weighted by Gasteiger charge is -2.18. The van der Waals surface area contributed by atoms with Crippen molar-refractivity contribution in [3.63, 3.8) is 0 Å². The molecule has 0 amide bonds. The van der Waals surface area contributed by atoms with E-state index in [1.165, 1.54) is 103 Å². The summed E-state index contributed by atoms with van der Waals surface area (Å²) in [6.07, 6.45) is 86.1. The Bertz CT molecular complexity index is 1600. The van der Waals surface area contributed by atoms with Crippen LogP contribution in [0, 0.1) is 0 Å². The Balaban J connectivity index is 4.34. The predicted octanol–water partition coefficient (Wildman–Crippen LogP) is 20.6. The first-order chi connectivity index (χ1) is 36.5. The van der Waals surface area contributed by atoms with Crippen LogP contribution in [-0.2, 0) is 28.6 Å². The number of esters is 3. The maximum atomic E-state index is 12.8. The molecule has 6 heteroatoms. The zero-order valence-corrected chi connectivity index (χ0v) is 47.8. The summed E-state index contributed by atoms with van der Waals surface area (Å²) in [7, 11) is 0. The summed E-state index contributed by atoms with van der Waals surface area (Å²) in [5, 5.41) is 0. The first kappa shape index (κ1) is 69.5. The van der Waals surface area contributed by atoms with Gasteiger partial charge < -0.3 is 14.2 Å². The third-order valence-corrected chi connectivity index (χ3v) is 12.4. The first-order valence-electron chi connectivity index (χ1n) is 30.2. The largest absolute Gasteiger partial charge is 0.462 e. The lowest BCUT2D eigenvalue weighted by Crippen LogP contribution is -2.30. The molecule has 0 fully saturated rings. The van der Waals surface area contributed by atoms with Crippen molar-refractivity contribution in [1.29, 1.82) is 0 Å². The Morgan fingerprint density at radius 1 is 0.284 bits per heavy atom. The van der Waals surface area contributed by atoms with Gasteiger partial charge in [0.05, 0.1) is 0 Å². The van der Waals surface area contributed by atoms with Gasteiger partial charge in [-0.1, -0.05) is 257 Å². The fourth-order valence-corrected chi connectivity index (χ4v) is 7.89. The molecular formula is C68H110O6. The Morgan fingerprint density at radius 2 is 0.541 bits per heavy atom. The molecule has 0 saturated heterocycles. The molecule has 0 aromatic heterocycles. The molecule has 0 N–H and O–H groups in total. The van der Waals surface area contributed by atoms with Gasteiger partial charge in [-0.05, 0) is 116 Å². The molecule has 6 nitrogen and oxygen atoms in total. The van der Waals surface area contributed by atoms with Gasteiger partial charge in [-0.15, -0.1) is 0 Å². The minimum atomic E-state index is -0.806. The third kappa shape index (κ3) is 58.4. The molecule has 0 aliphatic carbocycles. The predicted molar refractivity (Wildman–Crippen MR) is 320 cm³/mol. The van der Waals surface area contributed by atoms with Gasteiger partial charge in [0.1, 0.15) is 13.2 Å². The molecule has 0 aliphatic rings. The highest BCUT2D eigenvalue weighted by atomic mass is 16.6. The van der Waals surface area contributed by atoms with E-state index in [0.717, 1.165) is 109 Å². The van der Waals surface area contributed by atoms with E-state index in [1.54, 1.807) is 0 Å². The van der Waals surface area contributed by atoms with Gasteiger partial charge in [0, 0.05) is 19.3 Å². The minimum Gasteiger partial charge on any atom is -0.462 e. The zero-order valence-electron chi connectivity index (χ0n) is 47.8. The zero-order chi connectivity index (χ0) is 53.6. The fraction of sp³-hybridized carbons (Fsp3) is 0.632. The molecule has 0 spiro atoms. The Labute approximate surface area is 455 Å². The fourth-order valence-electron chi connectivity index (χ4n) is 7.89. The molecule has 1 unspecified atom stereocenters. The second-order valence-electron chi connectivity index (χ2n) is 19.5. The van der Waals surface area contributed by atoms with Gasteiger partial charge in [0.25, 0.3) is 0 Å². The number of hydrogen-bond donors (Lipinski definition) is 0. The van der Waals surface area contributed by atoms with E-state index in [0.29, 0.717) is 19.3 Å². The normalized spacial score (nSPS) is 13.1. The topological polar surface area (TPSA) is 78.9 Å². The quantitative estimate of drug-likeness (QED) is 0.0261. The van der Waals surface area contributed by atoms with E-state index in [4.69, 9.17) is 14.2 Å². The monoisotopic (exact) mass is 1020 g/mol. The van der Waals surface area contributed by atoms with Crippen LogP contribution in [-0.4, -0.2) is 37.2 Å². The summed E-state index contributed by atoms with van der Waals surface area (Å²) >= 11 is 0. The number of hydrogen-bond acceptors (Lipinski definition) is 6. The molecule has 74 heavy (non-hydrogen) atoms. The molecule has 0 heterocycles. The number of unbranched alkanes of at least 4 members (excludes halogenated alkanes) is 20. The second kappa shape index (κ2) is 61.1. The number of carbonyl (C=O) groups excluding carboxylic acids is 3. The van der Waals surface area contributed by atoms with E-state index in [9.17, 15) is 14.4 Å². The van der Waals surface area contributed by atoms with Crippen LogP contribution in [0.4, 0.5) is 0 Å². The highest BCUT2D eigenvalue weighted by molar-refractivity contribution is 5.71. The number of ether oxygens (including phenoxy) is 3. The van der Waals surface area contributed by atoms with Gasteiger partial charge in [0.2, 0.25) is 0 Å². The maximum absolute atomic E-state index is 12.8. The smallest absolute Gasteiger partial charge is 0.306 e. The molecule has 0 aromatic carbocycles. The maximum Gasteiger partial charge on any atom is 0.306 e. The molecule has 0 bridgehead atoms. The van der Waals surface area contributed by atoms with Crippen molar-refractivity contribution in [3.8, 4) is 0 Å². The van der Waals surface area contributed by atoms with E-state index >= 15 is 0 Å². The number of allylic oxidation sites excluding steroid dienone is 22. The summed E-state index contributed by atoms with van der Waals surface area (Å²) in [5.74, 6) is -0.973. The summed E-state index contributed by atoms with van der Waals surface area (Å²) in [6.45, 7) is 6.42. The van der Waals surface area contributed by atoms with Crippen LogP contribution in [0.1, 0.15) is 258 Å². The van der Waals surface area contributed by atoms with Crippen LogP contribution < -0.4 is 0 Å². The Hall–Kier alpha value is -4.45. The van der Waals surface area contributed by atoms with Crippen LogP contribution in [0.25, 0.3) is 0 Å². The molecule has 0 radical (unpaired) electrons. The number of carbonyl (C=O) groups is 3. The van der Waals surface area contributed by atoms with Crippen LogP contribution in [0.3, 0.4) is 0 Å². The highest BCUT2D eigenvalue weighted by Gasteiger charge is 2.19. The van der Waals surface area contributed by atoms with Crippen molar-refractivity contribution in [2.45, 2.75) is 264 Å². The molecule has 0 aromatic rings. The average molecular weight is 1020 g/mol. The van der Waals surface area contributed by atoms with E-state index in [2.05, 4.69) is 154 Å². The Kier molecular flexibility index (Phi) is 57.4. The first-order valence-corrected chi connectivity index (χ1v) is 30.2. The van der Waals surface area contributed by atoms with Crippen LogP contribution >= 0.6 is 0 Å². The molecular weight excluding hydrogens is 913 g/mol. The van der Waals surface area contributed by atoms with E-state index < -0.39 is 6.10 Å². The van der Waals surface area contributed by atoms with E-state index in [1.807, 2.05) is 0 Å². The van der Waals surface area contributed by atoms with Gasteiger partial charge in [-0.2, -0.15) is 0 Å². The minimum absolute atomic E-state index is 0.1000. The van der Waals surface area contributed by atoms with Gasteiger partial charge >= 0.3 is 17.9 Å². The van der Waals surface area contributed by atoms with Crippen LogP contribution in [0.5, 0.6) is 0 Å². The van der Waals surface area contributed by atoms with Gasteiger partial charge in [-0.25, -0.2) is 0 Å². The van der Waals surface area contributed by atoms with Crippen molar-refractivity contribution < 1.29 is 28.6 Å². The van der Waals surface area contributed by atoms with E-state index in [-0.39, 0.29) is 37.5 Å². The number of rotatable bonds is 53. The van der Waals surface area contributed by atoms with Crippen LogP contribution in [0.15, 0.2) is 134 Å². The molecule has 0 rings (SSSR count). The summed E-state index contributed by atoms with van der Waals surface area (Å²) < 4.78 is 16.8. The Morgan fingerprint density at radius 3 is 0.905 bits per heavy atom. The summed E-state index contributed by atoms with van der Waals surface area (Å²) in [4.78, 5) is 38.0. The van der Waals surface area contributed by atoms with Crippen molar-refractivity contribution >= 4 is 17.9 Å². The van der Waals surface area contributed by atoms with Crippen molar-refractivity contribution in [2.75, 3.05) is 13.2 Å². The van der Waals surface area contributed by atoms with Crippen molar-refractivity contribution in [2.24, 2.45) is 0 Å². The molecule has 418 valence electrons. The molecule has 0 saturated carbocycles. The summed E-state index contributed by atoms with van der Waals surface area (Å²) in [5.41, 5.74) is 0. The molecule has 1 atom stereocenters. The average Bonchev–Trinajstić information content (AvgIpc) is 3.40. The van der Waals surface area contributed by atoms with Crippen molar-refractivity contribution in [3.05, 3.63) is 134 Å². The standard InChI is InChI=1S/C68H110O6/c1-4-7-10-13-16-19-21-23-25-27-29-30-31-32-33-34-35-36-37-38-40-41-43-45-47-49-52-55-58-61-67(70)73-64-65(63-72-66(69)60-57-54-51-18-15-12-9-6-3)74-68(71)62-59-56-53-50-48-46-44-42-39-28-26-24-22-20-17-14-11-8-5-2/h7,10,16-17,19-20,23-26,29-30,32-33,35-36,38,40,43,45,49,52,65H,4-6,8-9,11-15,18,21-22,27-28,31,34,37,39,41-42,44,46-48,50-51,53-64H2,1-3H3/b10-7-,19-16-,20-17-,25-23-,26-24-,30-29-,33-32-,36-35-,40-38-,45-43-,52-49-. The van der Waals surface area contributed by atoms with Crippen LogP contribution in [0.2, 0.25) is 0 Å². The van der Waals surface area contributed by atoms with Gasteiger partial charge in [-0.3, -0.25) is 14.4 Å². The SMILES string of the molecule is CC/C=C\C/C=C\C/C=C\C/C=C\C/C=C\C/C=C\C/C=C\C/C=C\C/C=C\CCCC(=O)OCC(COC(=O)CCCCCCCCCC)OC(=O)CCCCCCCCCCC/C=C\C/C=C\CCCCC. The lowest BCUT2D eigenvalue weighted by molar-refractivity contribution is -0.167. The third-order valence-electron chi connectivity index (χ3n) is 12.4. The highest BCUT2D eigenvalue weighted by Crippen LogP contribution is 2.14. The second-order valence-corrected chi connectivity index (χ2v) is 19.5. The van der Waals surface area contributed by atoms with Gasteiger partial charge in [0.15, 0.2) is 6.10 Å².